The van der Waals surface area contributed by atoms with Gasteiger partial charge in [-0.25, -0.2) is 10.1 Å². The summed E-state index contributed by atoms with van der Waals surface area (Å²) in [6, 6.07) is 23.0. The zero-order valence-electron chi connectivity index (χ0n) is 18.9. The first-order valence-corrected chi connectivity index (χ1v) is 10.8. The second kappa shape index (κ2) is 9.87. The number of carbonyl (C=O) groups excluding carboxylic acids is 1. The summed E-state index contributed by atoms with van der Waals surface area (Å²) >= 11 is 0. The maximum Gasteiger partial charge on any atom is 0.294 e. The van der Waals surface area contributed by atoms with Crippen LogP contribution in [0.3, 0.4) is 0 Å². The SMILES string of the molecule is Nc1nonc1-n1nnc(C(=O)N/N=C/c2ccc(-c3ccccc3)cc2)c1-c1ccc([N+](=O)[O-])cc1. The van der Waals surface area contributed by atoms with Gasteiger partial charge in [0.1, 0.15) is 5.69 Å². The highest BCUT2D eigenvalue weighted by molar-refractivity contribution is 5.99. The minimum Gasteiger partial charge on any atom is -0.378 e. The van der Waals surface area contributed by atoms with Crippen LogP contribution in [0.5, 0.6) is 0 Å². The van der Waals surface area contributed by atoms with E-state index in [9.17, 15) is 14.9 Å². The molecule has 3 aromatic carbocycles. The number of hydrogen-bond acceptors (Lipinski definition) is 10. The summed E-state index contributed by atoms with van der Waals surface area (Å²) in [5.41, 5.74) is 11.4. The number of nitrogens with two attached hydrogens (primary N) is 1. The van der Waals surface area contributed by atoms with Crippen molar-refractivity contribution >= 4 is 23.6 Å². The molecule has 13 heteroatoms. The molecule has 0 aliphatic rings. The van der Waals surface area contributed by atoms with Crippen LogP contribution in [0.2, 0.25) is 0 Å². The fourth-order valence-electron chi connectivity index (χ4n) is 3.53. The van der Waals surface area contributed by atoms with Gasteiger partial charge in [-0.2, -0.15) is 9.78 Å². The fraction of sp³-hybridized carbons (Fsp3) is 0. The van der Waals surface area contributed by atoms with Crippen LogP contribution in [0.15, 0.2) is 88.6 Å². The van der Waals surface area contributed by atoms with Crippen molar-refractivity contribution in [3.8, 4) is 28.2 Å². The van der Waals surface area contributed by atoms with Crippen molar-refractivity contribution in [2.75, 3.05) is 5.73 Å². The van der Waals surface area contributed by atoms with Gasteiger partial charge in [-0.3, -0.25) is 14.9 Å². The molecule has 0 atom stereocenters. The van der Waals surface area contributed by atoms with Crippen LogP contribution in [0.4, 0.5) is 11.5 Å². The number of hydrogen-bond donors (Lipinski definition) is 2. The molecule has 0 unspecified atom stereocenters. The summed E-state index contributed by atoms with van der Waals surface area (Å²) in [7, 11) is 0. The summed E-state index contributed by atoms with van der Waals surface area (Å²) in [4.78, 5) is 23.5. The van der Waals surface area contributed by atoms with Crippen molar-refractivity contribution in [2.24, 2.45) is 5.10 Å². The van der Waals surface area contributed by atoms with Crippen LogP contribution >= 0.6 is 0 Å². The number of amides is 1. The Morgan fingerprint density at radius 1 is 0.973 bits per heavy atom. The molecular formula is C24H17N9O4. The summed E-state index contributed by atoms with van der Waals surface area (Å²) in [6.45, 7) is 0. The molecule has 2 aromatic heterocycles. The Balaban J connectivity index is 1.40. The third kappa shape index (κ3) is 4.77. The lowest BCUT2D eigenvalue weighted by Crippen LogP contribution is -2.19. The molecule has 3 N–H and O–H groups in total. The Bertz CT molecular complexity index is 1590. The molecular weight excluding hydrogens is 478 g/mol. The summed E-state index contributed by atoms with van der Waals surface area (Å²) in [5, 5.41) is 30.2. The Morgan fingerprint density at radius 3 is 2.30 bits per heavy atom. The number of carbonyl (C=O) groups is 1. The smallest absolute Gasteiger partial charge is 0.294 e. The van der Waals surface area contributed by atoms with Crippen LogP contribution in [0.1, 0.15) is 16.1 Å². The molecule has 13 nitrogen and oxygen atoms in total. The first-order valence-electron chi connectivity index (χ1n) is 10.8. The molecule has 5 aromatic rings. The highest BCUT2D eigenvalue weighted by atomic mass is 16.6. The van der Waals surface area contributed by atoms with E-state index in [4.69, 9.17) is 5.73 Å². The number of hydrazone groups is 1. The van der Waals surface area contributed by atoms with Gasteiger partial charge in [-0.15, -0.1) is 5.10 Å². The maximum atomic E-state index is 13.0. The van der Waals surface area contributed by atoms with E-state index in [0.29, 0.717) is 5.56 Å². The van der Waals surface area contributed by atoms with Crippen LogP contribution in [0, 0.1) is 10.1 Å². The quantitative estimate of drug-likeness (QED) is 0.195. The maximum absolute atomic E-state index is 13.0. The number of nitrogens with zero attached hydrogens (tertiary/aromatic N) is 7. The molecule has 1 amide bonds. The number of rotatable bonds is 7. The molecule has 182 valence electrons. The topological polar surface area (TPSA) is 180 Å². The Kier molecular flexibility index (Phi) is 6.15. The number of non-ortho nitro benzene ring substituents is 1. The zero-order chi connectivity index (χ0) is 25.8. The predicted molar refractivity (Wildman–Crippen MR) is 133 cm³/mol. The van der Waals surface area contributed by atoms with Crippen LogP contribution < -0.4 is 11.2 Å². The van der Waals surface area contributed by atoms with Crippen LogP contribution in [-0.2, 0) is 0 Å². The minimum atomic E-state index is -0.674. The number of nitro groups is 1. The number of anilines is 1. The van der Waals surface area contributed by atoms with Gasteiger partial charge >= 0.3 is 0 Å². The third-order valence-corrected chi connectivity index (χ3v) is 5.33. The van der Waals surface area contributed by atoms with E-state index in [1.54, 1.807) is 0 Å². The standard InChI is InChI=1S/C24H17N9O4/c25-22-23(30-37-29-22)32-21(18-10-12-19(13-11-18)33(35)36)20(27-31-32)24(34)28-26-14-15-6-8-17(9-7-15)16-4-2-1-3-5-16/h1-14H,(H2,25,29)(H,28,34)/b26-14+. The van der Waals surface area contributed by atoms with Crippen molar-refractivity contribution in [1.29, 1.82) is 0 Å². The van der Waals surface area contributed by atoms with E-state index in [0.717, 1.165) is 21.4 Å². The lowest BCUT2D eigenvalue weighted by molar-refractivity contribution is -0.384. The van der Waals surface area contributed by atoms with E-state index in [1.807, 2.05) is 54.6 Å². The van der Waals surface area contributed by atoms with Crippen molar-refractivity contribution in [1.82, 2.24) is 30.7 Å². The highest BCUT2D eigenvalue weighted by Gasteiger charge is 2.25. The molecule has 0 radical (unpaired) electrons. The lowest BCUT2D eigenvalue weighted by atomic mass is 10.0. The van der Waals surface area contributed by atoms with Gasteiger partial charge in [0, 0.05) is 17.7 Å². The second-order valence-corrected chi connectivity index (χ2v) is 7.66. The average Bonchev–Trinajstić information content (AvgIpc) is 3.55. The van der Waals surface area contributed by atoms with E-state index in [1.165, 1.54) is 30.5 Å². The first-order chi connectivity index (χ1) is 18.0. The normalized spacial score (nSPS) is 11.0. The fourth-order valence-corrected chi connectivity index (χ4v) is 3.53. The summed E-state index contributed by atoms with van der Waals surface area (Å²) in [5.74, 6) is -0.759. The summed E-state index contributed by atoms with van der Waals surface area (Å²) in [6.07, 6.45) is 1.49. The minimum absolute atomic E-state index is 0.00177. The molecule has 0 spiro atoms. The van der Waals surface area contributed by atoms with Gasteiger partial charge in [0.05, 0.1) is 11.1 Å². The molecule has 0 saturated carbocycles. The van der Waals surface area contributed by atoms with Crippen molar-refractivity contribution < 1.29 is 14.3 Å². The van der Waals surface area contributed by atoms with Gasteiger partial charge in [0.2, 0.25) is 11.6 Å². The Labute approximate surface area is 208 Å². The molecule has 0 aliphatic carbocycles. The zero-order valence-corrected chi connectivity index (χ0v) is 18.9. The molecule has 37 heavy (non-hydrogen) atoms. The third-order valence-electron chi connectivity index (χ3n) is 5.33. The van der Waals surface area contributed by atoms with Gasteiger partial charge in [0.25, 0.3) is 11.6 Å². The monoisotopic (exact) mass is 495 g/mol. The number of aromatic nitrogens is 5. The van der Waals surface area contributed by atoms with Gasteiger partial charge in [-0.1, -0.05) is 59.8 Å². The van der Waals surface area contributed by atoms with E-state index >= 15 is 0 Å². The van der Waals surface area contributed by atoms with Crippen molar-refractivity contribution in [2.45, 2.75) is 0 Å². The van der Waals surface area contributed by atoms with Crippen LogP contribution in [-0.4, -0.2) is 42.4 Å². The van der Waals surface area contributed by atoms with Crippen LogP contribution in [0.25, 0.3) is 28.2 Å². The Hall–Kier alpha value is -5.72. The van der Waals surface area contributed by atoms with Crippen molar-refractivity contribution in [3.05, 3.63) is 100 Å². The second-order valence-electron chi connectivity index (χ2n) is 7.66. The average molecular weight is 495 g/mol. The number of nitrogen functional groups attached to an aromatic ring is 1. The molecule has 0 aliphatic heterocycles. The van der Waals surface area contributed by atoms with Gasteiger partial charge in [-0.05, 0) is 39.1 Å². The molecule has 5 rings (SSSR count). The predicted octanol–water partition coefficient (Wildman–Crippen LogP) is 3.24. The first kappa shape index (κ1) is 23.0. The van der Waals surface area contributed by atoms with E-state index in [-0.39, 0.29) is 28.7 Å². The number of nitrogens with one attached hydrogen (secondary N) is 1. The highest BCUT2D eigenvalue weighted by Crippen LogP contribution is 2.28. The lowest BCUT2D eigenvalue weighted by Gasteiger charge is -2.05. The molecule has 0 fully saturated rings. The number of benzene rings is 3. The molecule has 2 heterocycles. The van der Waals surface area contributed by atoms with E-state index < -0.39 is 10.8 Å². The van der Waals surface area contributed by atoms with E-state index in [2.05, 4.69) is 35.8 Å². The Morgan fingerprint density at radius 2 is 1.65 bits per heavy atom. The largest absolute Gasteiger partial charge is 0.378 e. The van der Waals surface area contributed by atoms with Gasteiger partial charge in [0.15, 0.2) is 5.69 Å². The van der Waals surface area contributed by atoms with Crippen molar-refractivity contribution in [3.63, 3.8) is 0 Å². The molecule has 0 bridgehead atoms. The summed E-state index contributed by atoms with van der Waals surface area (Å²) < 4.78 is 5.80. The van der Waals surface area contributed by atoms with Gasteiger partial charge < -0.3 is 5.73 Å². The number of nitro benzene ring substituents is 1. The molecule has 0 saturated heterocycles.